The number of hydrogen-bond acceptors (Lipinski definition) is 1. The minimum absolute atomic E-state index is 0.0749. The molecule has 0 spiro atoms. The standard InChI is InChI=1S/C54H49N/c1-35-10-9-15-49-51(35)48-27-25-45(31-50(48)53(49,2)3)55(44-23-19-42(20-24-44)54-32-36-28-37(33-54)30-38(29-36)34-54)43-21-16-40(17-22-43)47-26-18-39-11-7-8-14-46(39)52(47)41-12-5-4-6-13-41/h4-27,31,36-38H,28-30,32-34H2,1-3H3. The molecule has 4 fully saturated rings. The van der Waals surface area contributed by atoms with Gasteiger partial charge in [-0.25, -0.2) is 0 Å². The molecule has 0 N–H and O–H groups in total. The third-order valence-electron chi connectivity index (χ3n) is 14.4. The van der Waals surface area contributed by atoms with E-state index in [1.165, 1.54) is 116 Å². The van der Waals surface area contributed by atoms with Gasteiger partial charge in [0.15, 0.2) is 0 Å². The zero-order chi connectivity index (χ0) is 36.9. The van der Waals surface area contributed by atoms with E-state index in [4.69, 9.17) is 0 Å². The second-order valence-corrected chi connectivity index (χ2v) is 18.1. The predicted molar refractivity (Wildman–Crippen MR) is 232 cm³/mol. The lowest BCUT2D eigenvalue weighted by Gasteiger charge is -2.57. The summed E-state index contributed by atoms with van der Waals surface area (Å²) in [4.78, 5) is 2.50. The van der Waals surface area contributed by atoms with Crippen molar-refractivity contribution < 1.29 is 0 Å². The van der Waals surface area contributed by atoms with Crippen molar-refractivity contribution in [1.29, 1.82) is 0 Å². The number of nitrogens with zero attached hydrogens (tertiary/aromatic N) is 1. The smallest absolute Gasteiger partial charge is 0.0465 e. The van der Waals surface area contributed by atoms with Crippen LogP contribution in [0.2, 0.25) is 0 Å². The summed E-state index contributed by atoms with van der Waals surface area (Å²) in [6, 6.07) is 57.5. The summed E-state index contributed by atoms with van der Waals surface area (Å²) in [6.07, 6.45) is 8.61. The van der Waals surface area contributed by atoms with Crippen LogP contribution in [0.3, 0.4) is 0 Å². The van der Waals surface area contributed by atoms with Gasteiger partial charge >= 0.3 is 0 Å². The summed E-state index contributed by atoms with van der Waals surface area (Å²) in [7, 11) is 0. The highest BCUT2D eigenvalue weighted by atomic mass is 15.1. The van der Waals surface area contributed by atoms with E-state index < -0.39 is 0 Å². The third-order valence-corrected chi connectivity index (χ3v) is 14.4. The van der Waals surface area contributed by atoms with Gasteiger partial charge in [-0.15, -0.1) is 0 Å². The van der Waals surface area contributed by atoms with Gasteiger partial charge in [0.05, 0.1) is 0 Å². The van der Waals surface area contributed by atoms with Gasteiger partial charge in [-0.05, 0) is 171 Å². The molecule has 1 heteroatoms. The maximum absolute atomic E-state index is 2.50. The SMILES string of the molecule is Cc1cccc2c1-c1ccc(N(c3ccc(-c4ccc5ccccc5c4-c4ccccc4)cc3)c3ccc(C45CC6CC(CC(C6)C4)C5)cc3)cc1C2(C)C. The molecule has 12 rings (SSSR count). The van der Waals surface area contributed by atoms with E-state index in [9.17, 15) is 0 Å². The first-order valence-corrected chi connectivity index (χ1v) is 20.7. The molecule has 0 unspecified atom stereocenters. The second-order valence-electron chi connectivity index (χ2n) is 18.1. The third kappa shape index (κ3) is 5.19. The van der Waals surface area contributed by atoms with Crippen LogP contribution in [0.1, 0.15) is 74.6 Å². The Bertz CT molecular complexity index is 2560. The van der Waals surface area contributed by atoms with Crippen molar-refractivity contribution in [2.24, 2.45) is 17.8 Å². The van der Waals surface area contributed by atoms with E-state index in [-0.39, 0.29) is 5.41 Å². The average Bonchev–Trinajstić information content (AvgIpc) is 3.44. The fourth-order valence-electron chi connectivity index (χ4n) is 12.2. The summed E-state index contributed by atoms with van der Waals surface area (Å²) in [6.45, 7) is 7.05. The van der Waals surface area contributed by atoms with Crippen LogP contribution in [-0.4, -0.2) is 0 Å². The average molecular weight is 712 g/mol. The van der Waals surface area contributed by atoms with Gasteiger partial charge in [0.2, 0.25) is 0 Å². The molecule has 4 saturated carbocycles. The molecule has 0 aromatic heterocycles. The van der Waals surface area contributed by atoms with E-state index in [1.54, 1.807) is 5.56 Å². The highest BCUT2D eigenvalue weighted by molar-refractivity contribution is 6.04. The van der Waals surface area contributed by atoms with Crippen LogP contribution < -0.4 is 4.90 Å². The topological polar surface area (TPSA) is 3.24 Å². The van der Waals surface area contributed by atoms with Crippen LogP contribution in [0.5, 0.6) is 0 Å². The molecular formula is C54H49N. The van der Waals surface area contributed by atoms with E-state index in [0.29, 0.717) is 5.41 Å². The van der Waals surface area contributed by atoms with Crippen LogP contribution in [0.15, 0.2) is 152 Å². The highest BCUT2D eigenvalue weighted by Gasteiger charge is 2.51. The lowest BCUT2D eigenvalue weighted by molar-refractivity contribution is -0.00518. The zero-order valence-corrected chi connectivity index (χ0v) is 32.4. The van der Waals surface area contributed by atoms with Crippen LogP contribution >= 0.6 is 0 Å². The molecule has 4 bridgehead atoms. The number of rotatable bonds is 6. The quantitative estimate of drug-likeness (QED) is 0.166. The lowest BCUT2D eigenvalue weighted by atomic mass is 9.48. The molecule has 1 nitrogen and oxygen atoms in total. The Morgan fingerprint density at radius 1 is 0.491 bits per heavy atom. The van der Waals surface area contributed by atoms with Crippen molar-refractivity contribution in [1.82, 2.24) is 0 Å². The molecule has 7 aromatic rings. The Morgan fingerprint density at radius 3 is 1.82 bits per heavy atom. The van der Waals surface area contributed by atoms with Crippen LogP contribution in [-0.2, 0) is 10.8 Å². The summed E-state index contributed by atoms with van der Waals surface area (Å²) >= 11 is 0. The fourth-order valence-corrected chi connectivity index (χ4v) is 12.2. The summed E-state index contributed by atoms with van der Waals surface area (Å²) in [5.74, 6) is 2.82. The summed E-state index contributed by atoms with van der Waals surface area (Å²) < 4.78 is 0. The van der Waals surface area contributed by atoms with Gasteiger partial charge in [-0.2, -0.15) is 0 Å². The Balaban J connectivity index is 1.03. The Hall–Kier alpha value is -5.40. The van der Waals surface area contributed by atoms with Gasteiger partial charge in [-0.1, -0.05) is 129 Å². The Morgan fingerprint density at radius 2 is 1.11 bits per heavy atom. The summed E-state index contributed by atoms with van der Waals surface area (Å²) in [5, 5.41) is 2.55. The van der Waals surface area contributed by atoms with Gasteiger partial charge in [0.25, 0.3) is 0 Å². The molecule has 0 atom stereocenters. The molecule has 0 heterocycles. The normalized spacial score (nSPS) is 22.8. The first-order valence-electron chi connectivity index (χ1n) is 20.7. The molecular weight excluding hydrogens is 663 g/mol. The van der Waals surface area contributed by atoms with E-state index in [0.717, 1.165) is 17.8 Å². The minimum Gasteiger partial charge on any atom is -0.310 e. The van der Waals surface area contributed by atoms with E-state index >= 15 is 0 Å². The van der Waals surface area contributed by atoms with E-state index in [2.05, 4.69) is 177 Å². The molecule has 7 aromatic carbocycles. The van der Waals surface area contributed by atoms with Crippen molar-refractivity contribution in [2.75, 3.05) is 4.90 Å². The maximum atomic E-state index is 2.50. The first-order chi connectivity index (χ1) is 26.8. The first kappa shape index (κ1) is 33.0. The zero-order valence-electron chi connectivity index (χ0n) is 32.4. The Kier molecular flexibility index (Phi) is 7.38. The number of fused-ring (bicyclic) bond motifs is 4. The van der Waals surface area contributed by atoms with Crippen molar-refractivity contribution in [3.05, 3.63) is 174 Å². The maximum Gasteiger partial charge on any atom is 0.0465 e. The molecule has 5 aliphatic carbocycles. The van der Waals surface area contributed by atoms with Gasteiger partial charge in [0.1, 0.15) is 0 Å². The lowest BCUT2D eigenvalue weighted by Crippen LogP contribution is -2.48. The molecule has 0 amide bonds. The number of aryl methyl sites for hydroxylation is 1. The molecule has 270 valence electrons. The monoisotopic (exact) mass is 711 g/mol. The van der Waals surface area contributed by atoms with Crippen molar-refractivity contribution in [3.63, 3.8) is 0 Å². The Labute approximate surface area is 326 Å². The highest BCUT2D eigenvalue weighted by Crippen LogP contribution is 2.61. The number of anilines is 3. The van der Waals surface area contributed by atoms with Crippen LogP contribution in [0, 0.1) is 24.7 Å². The van der Waals surface area contributed by atoms with Gasteiger partial charge in [-0.3, -0.25) is 0 Å². The molecule has 0 aliphatic heterocycles. The second kappa shape index (κ2) is 12.3. The van der Waals surface area contributed by atoms with Crippen LogP contribution in [0.4, 0.5) is 17.1 Å². The van der Waals surface area contributed by atoms with Gasteiger partial charge in [0, 0.05) is 22.5 Å². The van der Waals surface area contributed by atoms with E-state index in [1.807, 2.05) is 0 Å². The van der Waals surface area contributed by atoms with Crippen LogP contribution in [0.25, 0.3) is 44.2 Å². The molecule has 55 heavy (non-hydrogen) atoms. The van der Waals surface area contributed by atoms with Crippen molar-refractivity contribution in [3.8, 4) is 33.4 Å². The largest absolute Gasteiger partial charge is 0.310 e. The van der Waals surface area contributed by atoms with Crippen molar-refractivity contribution >= 4 is 27.8 Å². The minimum atomic E-state index is -0.0749. The van der Waals surface area contributed by atoms with Crippen molar-refractivity contribution in [2.45, 2.75) is 70.1 Å². The predicted octanol–water partition coefficient (Wildman–Crippen LogP) is 14.7. The van der Waals surface area contributed by atoms with Gasteiger partial charge < -0.3 is 4.90 Å². The number of benzene rings is 7. The molecule has 0 saturated heterocycles. The molecule has 0 radical (unpaired) electrons. The summed E-state index contributed by atoms with van der Waals surface area (Å²) in [5.41, 5.74) is 17.5. The number of hydrogen-bond donors (Lipinski definition) is 0. The molecule has 5 aliphatic rings. The fraction of sp³-hybridized carbons (Fsp3) is 0.259.